The molecule has 232 valence electrons. The minimum absolute atomic E-state index is 0.274. The van der Waals surface area contributed by atoms with Crippen molar-refractivity contribution in [1.82, 2.24) is 9.80 Å². The minimum Gasteiger partial charge on any atom is -0.495 e. The van der Waals surface area contributed by atoms with Gasteiger partial charge in [0.25, 0.3) is 0 Å². The van der Waals surface area contributed by atoms with Crippen molar-refractivity contribution >= 4 is 35.4 Å². The zero-order chi connectivity index (χ0) is 31.2. The number of carbonyl (C=O) groups excluding carboxylic acids is 2. The molecule has 0 bridgehead atoms. The van der Waals surface area contributed by atoms with Crippen LogP contribution in [0.4, 0.5) is 9.59 Å². The fraction of sp³-hybridized carbons (Fsp3) is 0.562. The Morgan fingerprint density at radius 2 is 1.24 bits per heavy atom. The van der Waals surface area contributed by atoms with E-state index >= 15 is 0 Å². The number of hydrogen-bond acceptors (Lipinski definition) is 6. The Bertz CT molecular complexity index is 1270. The Kier molecular flexibility index (Phi) is 11.3. The summed E-state index contributed by atoms with van der Waals surface area (Å²) in [4.78, 5) is 28.0. The first-order valence-electron chi connectivity index (χ1n) is 14.3. The van der Waals surface area contributed by atoms with Gasteiger partial charge in [-0.25, -0.2) is 9.59 Å². The number of fused-ring (bicyclic) bond motifs is 2. The molecule has 2 amide bonds. The molecule has 0 saturated carbocycles. The maximum atomic E-state index is 12.3. The summed E-state index contributed by atoms with van der Waals surface area (Å²) in [5.74, 6) is 1.28. The molecular weight excluding hydrogens is 579 g/mol. The maximum absolute atomic E-state index is 12.3. The van der Waals surface area contributed by atoms with Crippen LogP contribution in [0.3, 0.4) is 0 Å². The fourth-order valence-electron chi connectivity index (χ4n) is 4.82. The van der Waals surface area contributed by atoms with Gasteiger partial charge in [0.15, 0.2) is 0 Å². The van der Waals surface area contributed by atoms with Crippen molar-refractivity contribution in [3.63, 3.8) is 0 Å². The smallest absolute Gasteiger partial charge is 0.410 e. The Hall–Kier alpha value is -2.84. The standard InChI is InChI=1S/2C16H22ClNO3/c1-16(2,3)21-15(19)18-9-5-6-11-7-8-13(20-4)14(17)12(11)10-18;1-16(2,3)21-15(19)18-7-5-6-11-8-13(17)14(20-4)9-12(11)10-18/h7-8H,5-6,9-10H2,1-4H3;8-9H,5-7,10H2,1-4H3. The third kappa shape index (κ3) is 9.33. The first kappa shape index (κ1) is 33.7. The van der Waals surface area contributed by atoms with Crippen LogP contribution in [0, 0.1) is 0 Å². The highest BCUT2D eigenvalue weighted by atomic mass is 35.5. The van der Waals surface area contributed by atoms with Gasteiger partial charge in [0.1, 0.15) is 22.7 Å². The summed E-state index contributed by atoms with van der Waals surface area (Å²) in [5, 5.41) is 1.20. The van der Waals surface area contributed by atoms with Crippen LogP contribution in [0.2, 0.25) is 10.0 Å². The number of amides is 2. The molecule has 0 radical (unpaired) electrons. The van der Waals surface area contributed by atoms with Crippen molar-refractivity contribution < 1.29 is 28.5 Å². The lowest BCUT2D eigenvalue weighted by Gasteiger charge is -2.27. The van der Waals surface area contributed by atoms with Crippen LogP contribution in [0.1, 0.15) is 76.6 Å². The Morgan fingerprint density at radius 1 is 0.714 bits per heavy atom. The van der Waals surface area contributed by atoms with E-state index < -0.39 is 11.2 Å². The summed E-state index contributed by atoms with van der Waals surface area (Å²) in [6.07, 6.45) is 3.03. The van der Waals surface area contributed by atoms with Crippen LogP contribution in [0.25, 0.3) is 0 Å². The molecule has 0 aliphatic carbocycles. The van der Waals surface area contributed by atoms with Crippen molar-refractivity contribution in [3.05, 3.63) is 56.6 Å². The predicted molar refractivity (Wildman–Crippen MR) is 166 cm³/mol. The lowest BCUT2D eigenvalue weighted by atomic mass is 10.0. The van der Waals surface area contributed by atoms with Crippen molar-refractivity contribution in [2.24, 2.45) is 0 Å². The first-order chi connectivity index (χ1) is 19.6. The lowest BCUT2D eigenvalue weighted by molar-refractivity contribution is 0.0226. The topological polar surface area (TPSA) is 77.5 Å². The van der Waals surface area contributed by atoms with E-state index in [-0.39, 0.29) is 12.2 Å². The molecule has 42 heavy (non-hydrogen) atoms. The molecule has 0 N–H and O–H groups in total. The van der Waals surface area contributed by atoms with Crippen LogP contribution < -0.4 is 9.47 Å². The zero-order valence-corrected chi connectivity index (χ0v) is 27.6. The number of benzene rings is 2. The Morgan fingerprint density at radius 3 is 1.76 bits per heavy atom. The summed E-state index contributed by atoms with van der Waals surface area (Å²) >= 11 is 12.6. The SMILES string of the molecule is COc1cc2c(cc1Cl)CCCN(C(=O)OC(C)(C)C)C2.COc1ccc2c(c1Cl)CN(C(=O)OC(C)(C)C)CCC2. The normalized spacial score (nSPS) is 15.2. The van der Waals surface area contributed by atoms with E-state index in [0.717, 1.165) is 36.8 Å². The molecule has 2 aliphatic heterocycles. The summed E-state index contributed by atoms with van der Waals surface area (Å²) in [6.45, 7) is 13.6. The van der Waals surface area contributed by atoms with E-state index in [1.807, 2.05) is 65.8 Å². The van der Waals surface area contributed by atoms with Crippen LogP contribution in [0.15, 0.2) is 24.3 Å². The van der Waals surface area contributed by atoms with Gasteiger partial charge in [-0.2, -0.15) is 0 Å². The fourth-order valence-corrected chi connectivity index (χ4v) is 5.40. The molecule has 2 aliphatic rings. The summed E-state index contributed by atoms with van der Waals surface area (Å²) in [5.41, 5.74) is 3.39. The van der Waals surface area contributed by atoms with Gasteiger partial charge < -0.3 is 28.7 Å². The highest BCUT2D eigenvalue weighted by Gasteiger charge is 2.27. The van der Waals surface area contributed by atoms with Crippen LogP contribution in [-0.2, 0) is 35.4 Å². The molecule has 2 aromatic carbocycles. The minimum atomic E-state index is -0.496. The number of methoxy groups -OCH3 is 2. The van der Waals surface area contributed by atoms with Gasteiger partial charge in [0.2, 0.25) is 0 Å². The Balaban J connectivity index is 0.000000230. The van der Waals surface area contributed by atoms with Crippen molar-refractivity contribution in [3.8, 4) is 11.5 Å². The highest BCUT2D eigenvalue weighted by molar-refractivity contribution is 6.33. The van der Waals surface area contributed by atoms with Crippen LogP contribution in [0.5, 0.6) is 11.5 Å². The van der Waals surface area contributed by atoms with E-state index in [2.05, 4.69) is 0 Å². The van der Waals surface area contributed by atoms with Gasteiger partial charge >= 0.3 is 12.2 Å². The van der Waals surface area contributed by atoms with E-state index in [9.17, 15) is 9.59 Å². The average Bonchev–Trinajstić information content (AvgIpc) is 3.23. The monoisotopic (exact) mass is 622 g/mol. The second-order valence-electron chi connectivity index (χ2n) is 12.5. The third-order valence-corrected chi connectivity index (χ3v) is 7.47. The van der Waals surface area contributed by atoms with E-state index in [1.165, 1.54) is 11.1 Å². The molecule has 2 aromatic rings. The molecule has 2 heterocycles. The second kappa shape index (κ2) is 14.1. The number of rotatable bonds is 2. The van der Waals surface area contributed by atoms with Crippen molar-refractivity contribution in [1.29, 1.82) is 0 Å². The van der Waals surface area contributed by atoms with Gasteiger partial charge in [-0.1, -0.05) is 29.3 Å². The number of nitrogens with zero attached hydrogens (tertiary/aromatic N) is 2. The maximum Gasteiger partial charge on any atom is 0.410 e. The van der Waals surface area contributed by atoms with Gasteiger partial charge in [0.05, 0.1) is 30.8 Å². The number of ether oxygens (including phenoxy) is 4. The number of aryl methyl sites for hydroxylation is 2. The van der Waals surface area contributed by atoms with Gasteiger partial charge in [-0.3, -0.25) is 0 Å². The van der Waals surface area contributed by atoms with E-state index in [4.69, 9.17) is 42.1 Å². The molecule has 0 spiro atoms. The summed E-state index contributed by atoms with van der Waals surface area (Å²) in [7, 11) is 3.19. The molecule has 0 unspecified atom stereocenters. The van der Waals surface area contributed by atoms with E-state index in [0.29, 0.717) is 47.7 Å². The molecule has 0 aromatic heterocycles. The molecular formula is C32H44Cl2N2O6. The lowest BCUT2D eigenvalue weighted by Crippen LogP contribution is -2.36. The van der Waals surface area contributed by atoms with Gasteiger partial charge in [-0.15, -0.1) is 0 Å². The second-order valence-corrected chi connectivity index (χ2v) is 13.3. The Labute approximate surface area is 260 Å². The summed E-state index contributed by atoms with van der Waals surface area (Å²) in [6, 6.07) is 7.76. The quantitative estimate of drug-likeness (QED) is 0.337. The van der Waals surface area contributed by atoms with Gasteiger partial charge in [0, 0.05) is 19.6 Å². The zero-order valence-electron chi connectivity index (χ0n) is 26.1. The number of halogens is 2. The van der Waals surface area contributed by atoms with Crippen molar-refractivity contribution in [2.45, 2.75) is 91.5 Å². The molecule has 0 saturated heterocycles. The number of hydrogen-bond donors (Lipinski definition) is 0. The summed E-state index contributed by atoms with van der Waals surface area (Å²) < 4.78 is 21.4. The average molecular weight is 624 g/mol. The predicted octanol–water partition coefficient (Wildman–Crippen LogP) is 8.06. The first-order valence-corrected chi connectivity index (χ1v) is 15.0. The third-order valence-electron chi connectivity index (χ3n) is 6.76. The molecule has 0 fully saturated rings. The number of carbonyl (C=O) groups is 2. The van der Waals surface area contributed by atoms with E-state index in [1.54, 1.807) is 24.0 Å². The van der Waals surface area contributed by atoms with Gasteiger partial charge in [-0.05, 0) is 108 Å². The molecule has 4 rings (SSSR count). The van der Waals surface area contributed by atoms with Crippen LogP contribution in [-0.4, -0.2) is 60.5 Å². The highest BCUT2D eigenvalue weighted by Crippen LogP contribution is 2.34. The van der Waals surface area contributed by atoms with Crippen LogP contribution >= 0.6 is 23.2 Å². The molecule has 10 heteroatoms. The molecule has 0 atom stereocenters. The molecule has 8 nitrogen and oxygen atoms in total. The van der Waals surface area contributed by atoms with Crippen molar-refractivity contribution in [2.75, 3.05) is 27.3 Å². The largest absolute Gasteiger partial charge is 0.495 e.